The molecule has 0 aliphatic rings. The molecule has 162 valence electrons. The standard InChI is InChI=1S/C26H24BrN3O2/c1-18-12-22(27)13-19(2)26(18)32-17-25(31)29-28-14-21-16-30(15-20-8-4-3-5-9-20)24-11-7-6-10-23(21)24/h3-14,16H,15,17H2,1-2H3,(H,29,31)/b28-14+. The van der Waals surface area contributed by atoms with E-state index in [-0.39, 0.29) is 12.5 Å². The molecule has 0 unspecified atom stereocenters. The zero-order chi connectivity index (χ0) is 22.5. The van der Waals surface area contributed by atoms with E-state index in [1.165, 1.54) is 5.56 Å². The molecule has 32 heavy (non-hydrogen) atoms. The van der Waals surface area contributed by atoms with Gasteiger partial charge in [0.15, 0.2) is 6.61 Å². The first-order valence-electron chi connectivity index (χ1n) is 10.3. The summed E-state index contributed by atoms with van der Waals surface area (Å²) in [5.41, 5.74) is 7.79. The second-order valence-electron chi connectivity index (χ2n) is 7.67. The molecule has 4 aromatic rings. The van der Waals surface area contributed by atoms with E-state index >= 15 is 0 Å². The van der Waals surface area contributed by atoms with Crippen LogP contribution in [0.4, 0.5) is 0 Å². The van der Waals surface area contributed by atoms with Crippen molar-refractivity contribution in [2.45, 2.75) is 20.4 Å². The highest BCUT2D eigenvalue weighted by atomic mass is 79.9. The van der Waals surface area contributed by atoms with E-state index in [0.717, 1.165) is 44.4 Å². The fourth-order valence-electron chi connectivity index (χ4n) is 3.76. The van der Waals surface area contributed by atoms with Crippen molar-refractivity contribution in [3.63, 3.8) is 0 Å². The van der Waals surface area contributed by atoms with Crippen molar-refractivity contribution in [1.82, 2.24) is 9.99 Å². The zero-order valence-corrected chi connectivity index (χ0v) is 19.6. The predicted molar refractivity (Wildman–Crippen MR) is 132 cm³/mol. The third kappa shape index (κ3) is 5.08. The molecule has 1 aromatic heterocycles. The molecule has 0 saturated heterocycles. The number of nitrogens with zero attached hydrogens (tertiary/aromatic N) is 2. The number of hydrazone groups is 1. The molecule has 1 N–H and O–H groups in total. The number of hydrogen-bond acceptors (Lipinski definition) is 3. The monoisotopic (exact) mass is 489 g/mol. The second-order valence-corrected chi connectivity index (χ2v) is 8.58. The highest BCUT2D eigenvalue weighted by Gasteiger charge is 2.09. The first-order chi connectivity index (χ1) is 15.5. The summed E-state index contributed by atoms with van der Waals surface area (Å²) >= 11 is 3.47. The number of fused-ring (bicyclic) bond motifs is 1. The highest BCUT2D eigenvalue weighted by molar-refractivity contribution is 9.10. The van der Waals surface area contributed by atoms with Crippen LogP contribution in [0.1, 0.15) is 22.3 Å². The fourth-order valence-corrected chi connectivity index (χ4v) is 4.44. The number of nitrogens with one attached hydrogen (secondary N) is 1. The minimum absolute atomic E-state index is 0.101. The summed E-state index contributed by atoms with van der Waals surface area (Å²) in [5.74, 6) is 0.410. The maximum atomic E-state index is 12.2. The van der Waals surface area contributed by atoms with Crippen molar-refractivity contribution in [1.29, 1.82) is 0 Å². The van der Waals surface area contributed by atoms with Crippen molar-refractivity contribution < 1.29 is 9.53 Å². The summed E-state index contributed by atoms with van der Waals surface area (Å²) in [6, 6.07) is 22.4. The summed E-state index contributed by atoms with van der Waals surface area (Å²) < 4.78 is 8.89. The molecule has 3 aromatic carbocycles. The third-order valence-corrected chi connectivity index (χ3v) is 5.64. The van der Waals surface area contributed by atoms with Crippen LogP contribution in [-0.2, 0) is 11.3 Å². The van der Waals surface area contributed by atoms with Crippen LogP contribution in [0.15, 0.2) is 82.5 Å². The molecule has 6 heteroatoms. The van der Waals surface area contributed by atoms with Crippen LogP contribution in [-0.4, -0.2) is 23.3 Å². The van der Waals surface area contributed by atoms with Gasteiger partial charge in [0, 0.05) is 33.7 Å². The summed E-state index contributed by atoms with van der Waals surface area (Å²) in [6.45, 7) is 4.57. The van der Waals surface area contributed by atoms with E-state index < -0.39 is 0 Å². The summed E-state index contributed by atoms with van der Waals surface area (Å²) in [6.07, 6.45) is 3.73. The Morgan fingerprint density at radius 2 is 1.75 bits per heavy atom. The predicted octanol–water partition coefficient (Wildman–Crippen LogP) is 5.60. The van der Waals surface area contributed by atoms with Crippen molar-refractivity contribution in [2.24, 2.45) is 5.10 Å². The lowest BCUT2D eigenvalue weighted by Gasteiger charge is -2.11. The summed E-state index contributed by atoms with van der Waals surface area (Å²) in [5, 5.41) is 5.24. The molecule has 0 atom stereocenters. The van der Waals surface area contributed by atoms with Gasteiger partial charge in [-0.3, -0.25) is 4.79 Å². The van der Waals surface area contributed by atoms with Gasteiger partial charge in [0.2, 0.25) is 0 Å². The minimum atomic E-state index is -0.309. The fraction of sp³-hybridized carbons (Fsp3) is 0.154. The van der Waals surface area contributed by atoms with Crippen molar-refractivity contribution in [3.8, 4) is 5.75 Å². The molecule has 0 aliphatic carbocycles. The molecule has 0 radical (unpaired) electrons. The van der Waals surface area contributed by atoms with Gasteiger partial charge >= 0.3 is 0 Å². The van der Waals surface area contributed by atoms with Gasteiger partial charge in [-0.15, -0.1) is 0 Å². The van der Waals surface area contributed by atoms with Crippen molar-refractivity contribution >= 4 is 39.0 Å². The lowest BCUT2D eigenvalue weighted by Crippen LogP contribution is -2.25. The number of carbonyl (C=O) groups is 1. The Morgan fingerprint density at radius 3 is 2.50 bits per heavy atom. The molecule has 0 fully saturated rings. The van der Waals surface area contributed by atoms with Crippen LogP contribution in [0.2, 0.25) is 0 Å². The lowest BCUT2D eigenvalue weighted by molar-refractivity contribution is -0.123. The zero-order valence-electron chi connectivity index (χ0n) is 18.0. The number of ether oxygens (including phenoxy) is 1. The van der Waals surface area contributed by atoms with Crippen LogP contribution in [0.5, 0.6) is 5.75 Å². The van der Waals surface area contributed by atoms with Crippen LogP contribution in [0.25, 0.3) is 10.9 Å². The average molecular weight is 490 g/mol. The van der Waals surface area contributed by atoms with Crippen molar-refractivity contribution in [3.05, 3.63) is 99.7 Å². The van der Waals surface area contributed by atoms with Gasteiger partial charge in [-0.2, -0.15) is 5.10 Å². The summed E-state index contributed by atoms with van der Waals surface area (Å²) in [7, 11) is 0. The Balaban J connectivity index is 1.43. The van der Waals surface area contributed by atoms with E-state index in [2.05, 4.69) is 61.5 Å². The number of hydrogen-bond donors (Lipinski definition) is 1. The molecule has 4 rings (SSSR count). The number of aryl methyl sites for hydroxylation is 2. The normalized spacial score (nSPS) is 11.2. The first kappa shape index (κ1) is 21.8. The molecule has 0 saturated carbocycles. The largest absolute Gasteiger partial charge is 0.483 e. The Morgan fingerprint density at radius 1 is 1.06 bits per heavy atom. The summed E-state index contributed by atoms with van der Waals surface area (Å²) in [4.78, 5) is 12.2. The third-order valence-electron chi connectivity index (χ3n) is 5.18. The van der Waals surface area contributed by atoms with Gasteiger partial charge in [-0.05, 0) is 48.7 Å². The van der Waals surface area contributed by atoms with Gasteiger partial charge in [0.05, 0.1) is 6.21 Å². The molecule has 1 amide bonds. The van der Waals surface area contributed by atoms with E-state index in [0.29, 0.717) is 0 Å². The number of amides is 1. The van der Waals surface area contributed by atoms with Gasteiger partial charge in [0.25, 0.3) is 5.91 Å². The molecule has 0 aliphatic heterocycles. The number of rotatable bonds is 7. The number of aromatic nitrogens is 1. The first-order valence-corrected chi connectivity index (χ1v) is 11.1. The van der Waals surface area contributed by atoms with E-state index in [1.54, 1.807) is 6.21 Å². The lowest BCUT2D eigenvalue weighted by atomic mass is 10.1. The molecule has 5 nitrogen and oxygen atoms in total. The van der Waals surface area contributed by atoms with Crippen LogP contribution in [0, 0.1) is 13.8 Å². The maximum absolute atomic E-state index is 12.2. The maximum Gasteiger partial charge on any atom is 0.277 e. The van der Waals surface area contributed by atoms with Crippen molar-refractivity contribution in [2.75, 3.05) is 6.61 Å². The molecule has 0 bridgehead atoms. The quantitative estimate of drug-likeness (QED) is 0.271. The SMILES string of the molecule is Cc1cc(Br)cc(C)c1OCC(=O)N/N=C/c1cn(Cc2ccccc2)c2ccccc12. The highest BCUT2D eigenvalue weighted by Crippen LogP contribution is 2.27. The molecular weight excluding hydrogens is 466 g/mol. The topological polar surface area (TPSA) is 55.6 Å². The number of carbonyl (C=O) groups excluding carboxylic acids is 1. The van der Waals surface area contributed by atoms with Crippen LogP contribution >= 0.6 is 15.9 Å². The minimum Gasteiger partial charge on any atom is -0.483 e. The molecule has 1 heterocycles. The van der Waals surface area contributed by atoms with Crippen LogP contribution in [0.3, 0.4) is 0 Å². The smallest absolute Gasteiger partial charge is 0.277 e. The second kappa shape index (κ2) is 9.83. The average Bonchev–Trinajstić information content (AvgIpc) is 3.11. The van der Waals surface area contributed by atoms with E-state index in [1.807, 2.05) is 56.3 Å². The van der Waals surface area contributed by atoms with E-state index in [4.69, 9.17) is 4.74 Å². The number of halogens is 1. The van der Waals surface area contributed by atoms with E-state index in [9.17, 15) is 4.79 Å². The Bertz CT molecular complexity index is 1260. The number of para-hydroxylation sites is 1. The molecular formula is C26H24BrN3O2. The number of benzene rings is 3. The van der Waals surface area contributed by atoms with Gasteiger partial charge < -0.3 is 9.30 Å². The van der Waals surface area contributed by atoms with Gasteiger partial charge in [-0.1, -0.05) is 64.5 Å². The molecule has 0 spiro atoms. The Labute approximate surface area is 195 Å². The Kier molecular flexibility index (Phi) is 6.71. The van der Waals surface area contributed by atoms with Crippen LogP contribution < -0.4 is 10.2 Å². The van der Waals surface area contributed by atoms with Gasteiger partial charge in [0.1, 0.15) is 5.75 Å². The van der Waals surface area contributed by atoms with Gasteiger partial charge in [-0.25, -0.2) is 5.43 Å². The Hall–Kier alpha value is -3.38.